The fourth-order valence-electron chi connectivity index (χ4n) is 2.48. The molecule has 1 aliphatic heterocycles. The average molecular weight is 274 g/mol. The summed E-state index contributed by atoms with van der Waals surface area (Å²) in [6, 6.07) is 3.67. The molecule has 2 amide bonds. The van der Waals surface area contributed by atoms with Gasteiger partial charge in [0.1, 0.15) is 0 Å². The molecule has 0 fully saturated rings. The highest BCUT2D eigenvalue weighted by Crippen LogP contribution is 2.33. The molecule has 1 heterocycles. The van der Waals surface area contributed by atoms with Crippen molar-refractivity contribution in [2.75, 3.05) is 25.5 Å². The first-order valence-electron chi connectivity index (χ1n) is 6.50. The highest BCUT2D eigenvalue weighted by Gasteiger charge is 2.37. The zero-order valence-electron chi connectivity index (χ0n) is 12.2. The predicted octanol–water partition coefficient (Wildman–Crippen LogP) is 1.31. The number of aryl methyl sites for hydroxylation is 2. The molecule has 5 heteroatoms. The first-order chi connectivity index (χ1) is 9.32. The van der Waals surface area contributed by atoms with Gasteiger partial charge in [-0.3, -0.25) is 14.4 Å². The fourth-order valence-corrected chi connectivity index (χ4v) is 2.48. The SMILES string of the molecule is Cc1cc(C)c2c(c1)C(=O)C(=O)N2CCC(=O)N(C)C. The molecule has 0 aromatic heterocycles. The lowest BCUT2D eigenvalue weighted by molar-refractivity contribution is -0.128. The van der Waals surface area contributed by atoms with Crippen LogP contribution in [-0.4, -0.2) is 43.1 Å². The van der Waals surface area contributed by atoms with Gasteiger partial charge in [-0.1, -0.05) is 6.07 Å². The number of benzene rings is 1. The quantitative estimate of drug-likeness (QED) is 0.781. The molecule has 20 heavy (non-hydrogen) atoms. The number of fused-ring (bicyclic) bond motifs is 1. The third kappa shape index (κ3) is 2.31. The lowest BCUT2D eigenvalue weighted by atomic mass is 10.0. The van der Waals surface area contributed by atoms with Gasteiger partial charge in [0.25, 0.3) is 11.7 Å². The van der Waals surface area contributed by atoms with E-state index in [2.05, 4.69) is 0 Å². The molecule has 0 unspecified atom stereocenters. The Kier molecular flexibility index (Phi) is 3.61. The topological polar surface area (TPSA) is 57.7 Å². The van der Waals surface area contributed by atoms with Crippen LogP contribution >= 0.6 is 0 Å². The Hall–Kier alpha value is -2.17. The molecule has 0 radical (unpaired) electrons. The normalized spacial score (nSPS) is 13.7. The summed E-state index contributed by atoms with van der Waals surface area (Å²) in [4.78, 5) is 38.6. The van der Waals surface area contributed by atoms with Gasteiger partial charge in [-0.2, -0.15) is 0 Å². The second-order valence-electron chi connectivity index (χ2n) is 5.30. The number of Topliss-reactive ketones (excluding diaryl/α,β-unsaturated/α-hetero) is 1. The summed E-state index contributed by atoms with van der Waals surface area (Å²) in [6.07, 6.45) is 0.207. The smallest absolute Gasteiger partial charge is 0.299 e. The lowest BCUT2D eigenvalue weighted by Gasteiger charge is -2.19. The number of carbonyl (C=O) groups is 3. The van der Waals surface area contributed by atoms with Gasteiger partial charge in [-0.05, 0) is 31.0 Å². The number of rotatable bonds is 3. The van der Waals surface area contributed by atoms with Crippen molar-refractivity contribution in [1.82, 2.24) is 4.90 Å². The number of hydrogen-bond acceptors (Lipinski definition) is 3. The van der Waals surface area contributed by atoms with Gasteiger partial charge >= 0.3 is 0 Å². The summed E-state index contributed by atoms with van der Waals surface area (Å²) in [5.74, 6) is -1.09. The van der Waals surface area contributed by atoms with Gasteiger partial charge in [-0.25, -0.2) is 0 Å². The Labute approximate surface area is 118 Å². The second-order valence-corrected chi connectivity index (χ2v) is 5.30. The summed E-state index contributed by atoms with van der Waals surface area (Å²) in [5.41, 5.74) is 2.94. The molecular formula is C15H18N2O3. The van der Waals surface area contributed by atoms with E-state index in [0.717, 1.165) is 11.1 Å². The first kappa shape index (κ1) is 14.2. The van der Waals surface area contributed by atoms with Crippen LogP contribution in [0.15, 0.2) is 12.1 Å². The van der Waals surface area contributed by atoms with Crippen LogP contribution in [0.2, 0.25) is 0 Å². The lowest BCUT2D eigenvalue weighted by Crippen LogP contribution is -2.34. The van der Waals surface area contributed by atoms with Crippen molar-refractivity contribution in [2.45, 2.75) is 20.3 Å². The summed E-state index contributed by atoms with van der Waals surface area (Å²) >= 11 is 0. The van der Waals surface area contributed by atoms with Gasteiger partial charge in [0, 0.05) is 27.1 Å². The highest BCUT2D eigenvalue weighted by molar-refractivity contribution is 6.52. The van der Waals surface area contributed by atoms with Crippen molar-refractivity contribution in [3.8, 4) is 0 Å². The van der Waals surface area contributed by atoms with Crippen molar-refractivity contribution in [1.29, 1.82) is 0 Å². The number of nitrogens with zero attached hydrogens (tertiary/aromatic N) is 2. The monoisotopic (exact) mass is 274 g/mol. The second kappa shape index (κ2) is 5.07. The van der Waals surface area contributed by atoms with Gasteiger partial charge in [0.05, 0.1) is 11.3 Å². The van der Waals surface area contributed by atoms with Crippen molar-refractivity contribution < 1.29 is 14.4 Å². The standard InChI is InChI=1S/C15H18N2O3/c1-9-7-10(2)13-11(8-9)14(19)15(20)17(13)6-5-12(18)16(3)4/h7-8H,5-6H2,1-4H3. The average Bonchev–Trinajstić information content (AvgIpc) is 2.60. The van der Waals surface area contributed by atoms with Crippen molar-refractivity contribution in [3.63, 3.8) is 0 Å². The molecule has 0 atom stereocenters. The number of ketones is 1. The Bertz CT molecular complexity index is 605. The van der Waals surface area contributed by atoms with Crippen LogP contribution in [0, 0.1) is 13.8 Å². The molecule has 0 spiro atoms. The third-order valence-corrected chi connectivity index (χ3v) is 3.45. The number of carbonyl (C=O) groups excluding carboxylic acids is 3. The van der Waals surface area contributed by atoms with Crippen LogP contribution in [0.1, 0.15) is 27.9 Å². The van der Waals surface area contributed by atoms with E-state index in [9.17, 15) is 14.4 Å². The minimum absolute atomic E-state index is 0.0662. The first-order valence-corrected chi connectivity index (χ1v) is 6.50. The zero-order chi connectivity index (χ0) is 15.0. The third-order valence-electron chi connectivity index (χ3n) is 3.45. The van der Waals surface area contributed by atoms with Crippen LogP contribution in [0.5, 0.6) is 0 Å². The number of hydrogen-bond donors (Lipinski definition) is 0. The van der Waals surface area contributed by atoms with E-state index in [-0.39, 0.29) is 18.9 Å². The van der Waals surface area contributed by atoms with E-state index in [0.29, 0.717) is 11.3 Å². The summed E-state index contributed by atoms with van der Waals surface area (Å²) in [7, 11) is 3.34. The van der Waals surface area contributed by atoms with E-state index in [4.69, 9.17) is 0 Å². The van der Waals surface area contributed by atoms with Gasteiger partial charge in [0.2, 0.25) is 5.91 Å². The summed E-state index contributed by atoms with van der Waals surface area (Å²) in [5, 5.41) is 0. The largest absolute Gasteiger partial charge is 0.349 e. The fraction of sp³-hybridized carbons (Fsp3) is 0.400. The van der Waals surface area contributed by atoms with E-state index in [1.54, 1.807) is 20.2 Å². The molecule has 0 saturated heterocycles. The minimum atomic E-state index is -0.541. The molecule has 0 saturated carbocycles. The molecule has 2 rings (SSSR count). The molecule has 1 aromatic carbocycles. The van der Waals surface area contributed by atoms with Crippen molar-refractivity contribution in [2.24, 2.45) is 0 Å². The van der Waals surface area contributed by atoms with Gasteiger partial charge < -0.3 is 9.80 Å². The van der Waals surface area contributed by atoms with E-state index < -0.39 is 11.7 Å². The number of anilines is 1. The maximum atomic E-state index is 12.1. The molecular weight excluding hydrogens is 256 g/mol. The maximum absolute atomic E-state index is 12.1. The zero-order valence-corrected chi connectivity index (χ0v) is 12.2. The molecule has 1 aromatic rings. The van der Waals surface area contributed by atoms with E-state index in [1.807, 2.05) is 19.9 Å². The molecule has 0 bridgehead atoms. The molecule has 1 aliphatic rings. The Morgan fingerprint density at radius 2 is 1.85 bits per heavy atom. The Balaban J connectivity index is 2.31. The molecule has 5 nitrogen and oxygen atoms in total. The molecule has 0 N–H and O–H groups in total. The Morgan fingerprint density at radius 1 is 1.20 bits per heavy atom. The minimum Gasteiger partial charge on any atom is -0.349 e. The van der Waals surface area contributed by atoms with E-state index >= 15 is 0 Å². The van der Waals surface area contributed by atoms with Crippen molar-refractivity contribution >= 4 is 23.3 Å². The molecule has 0 aliphatic carbocycles. The maximum Gasteiger partial charge on any atom is 0.299 e. The van der Waals surface area contributed by atoms with Crippen molar-refractivity contribution in [3.05, 3.63) is 28.8 Å². The van der Waals surface area contributed by atoms with Crippen LogP contribution in [0.25, 0.3) is 0 Å². The molecule has 106 valence electrons. The van der Waals surface area contributed by atoms with E-state index in [1.165, 1.54) is 9.80 Å². The van der Waals surface area contributed by atoms with Gasteiger partial charge in [0.15, 0.2) is 0 Å². The van der Waals surface area contributed by atoms with Crippen LogP contribution < -0.4 is 4.90 Å². The number of amides is 2. The summed E-state index contributed by atoms with van der Waals surface area (Å²) in [6.45, 7) is 4.00. The highest BCUT2D eigenvalue weighted by atomic mass is 16.2. The van der Waals surface area contributed by atoms with Crippen LogP contribution in [0.3, 0.4) is 0 Å². The van der Waals surface area contributed by atoms with Crippen LogP contribution in [-0.2, 0) is 9.59 Å². The predicted molar refractivity (Wildman–Crippen MR) is 75.9 cm³/mol. The van der Waals surface area contributed by atoms with Gasteiger partial charge in [-0.15, -0.1) is 0 Å². The Morgan fingerprint density at radius 3 is 2.45 bits per heavy atom. The summed E-state index contributed by atoms with van der Waals surface area (Å²) < 4.78 is 0. The van der Waals surface area contributed by atoms with Crippen LogP contribution in [0.4, 0.5) is 5.69 Å².